The van der Waals surface area contributed by atoms with E-state index in [1.54, 1.807) is 42.7 Å². The fourth-order valence-corrected chi connectivity index (χ4v) is 8.47. The fraction of sp³-hybridized carbons (Fsp3) is 0.0976. The first-order chi connectivity index (χ1) is 30.7. The summed E-state index contributed by atoms with van der Waals surface area (Å²) in [5.41, 5.74) is -13.8. The second-order valence-corrected chi connectivity index (χ2v) is 16.4. The summed E-state index contributed by atoms with van der Waals surface area (Å²) in [5, 5.41) is 0. The van der Waals surface area contributed by atoms with E-state index in [0.29, 0.717) is 17.1 Å². The number of Topliss-reactive ketones (excluding diaryl/α,β-unsaturated/α-hetero) is 1. The van der Waals surface area contributed by atoms with Gasteiger partial charge < -0.3 is 4.74 Å². The van der Waals surface area contributed by atoms with Gasteiger partial charge in [0.05, 0.1) is 6.61 Å². The van der Waals surface area contributed by atoms with Crippen LogP contribution in [0.1, 0.15) is 17.3 Å². The molecule has 25 heteroatoms. The largest absolute Gasteiger partial charge is 0.494 e. The zero-order valence-electron chi connectivity index (χ0n) is 32.4. The highest BCUT2D eigenvalue weighted by molar-refractivity contribution is 8.03. The molecule has 0 aliphatic carbocycles. The summed E-state index contributed by atoms with van der Waals surface area (Å²) >= 11 is 0. The third-order valence-corrected chi connectivity index (χ3v) is 11.9. The third-order valence-electron chi connectivity index (χ3n) is 9.84. The van der Waals surface area contributed by atoms with E-state index in [1.165, 1.54) is 0 Å². The minimum Gasteiger partial charge on any atom is -0.494 e. The first kappa shape index (κ1) is 50.6. The highest BCUT2D eigenvalue weighted by atomic mass is 32.2. The van der Waals surface area contributed by atoms with Crippen molar-refractivity contribution in [3.8, 4) is 5.75 Å². The van der Waals surface area contributed by atoms with Crippen LogP contribution in [0.2, 0.25) is 0 Å². The number of ketones is 1. The molecule has 0 aromatic heterocycles. The Morgan fingerprint density at radius 1 is 0.424 bits per heavy atom. The van der Waals surface area contributed by atoms with Crippen molar-refractivity contribution in [1.82, 2.24) is 0 Å². The maximum absolute atomic E-state index is 15.4. The lowest BCUT2D eigenvalue weighted by atomic mass is 9.12. The lowest BCUT2D eigenvalue weighted by molar-refractivity contribution is 0.102. The smallest absolute Gasteiger partial charge is 0.212 e. The van der Waals surface area contributed by atoms with Crippen LogP contribution in [-0.4, -0.2) is 30.5 Å². The molecule has 0 aliphatic rings. The molecule has 0 bridgehead atoms. The summed E-state index contributed by atoms with van der Waals surface area (Å²) in [6, 6.07) is 16.1. The van der Waals surface area contributed by atoms with Gasteiger partial charge in [0.25, 0.3) is 0 Å². The standard InChI is InChI=1S/C24BF20.C17H19O3S/c26-5-1(6(27)14(35)21(42)13(5)34)25(2-7(28)15(36)22(43)16(37)8(2)29,3-9(30)17(38)23(44)18(39)10(3)31)4-11(32)19(40)24(45)20(41)12(4)33;1-3-20-15-11-9-14(10-12-15)17(18)13-21(2,19)16-7-5-4-6-8-16/h;4-12H,3,13H2,1-2H3/q-1;+1. The summed E-state index contributed by atoms with van der Waals surface area (Å²) in [4.78, 5) is 13.0. The number of ether oxygens (including phenoxy) is 1. The molecule has 0 amide bonds. The zero-order valence-corrected chi connectivity index (χ0v) is 33.2. The number of carbonyl (C=O) groups excluding carboxylic acids is 1. The van der Waals surface area contributed by atoms with Crippen molar-refractivity contribution in [3.63, 3.8) is 0 Å². The van der Waals surface area contributed by atoms with Crippen molar-refractivity contribution in [3.05, 3.63) is 177 Å². The first-order valence-electron chi connectivity index (χ1n) is 17.7. The summed E-state index contributed by atoms with van der Waals surface area (Å²) in [6.45, 7) is 2.50. The summed E-state index contributed by atoms with van der Waals surface area (Å²) in [7, 11) is -2.36. The van der Waals surface area contributed by atoms with E-state index in [-0.39, 0.29) is 11.5 Å². The number of halogens is 20. The van der Waals surface area contributed by atoms with Crippen molar-refractivity contribution < 1.29 is 102 Å². The van der Waals surface area contributed by atoms with Crippen LogP contribution in [0, 0.1) is 116 Å². The van der Waals surface area contributed by atoms with E-state index < -0.39 is 154 Å². The van der Waals surface area contributed by atoms with E-state index in [4.69, 9.17) is 4.74 Å². The van der Waals surface area contributed by atoms with Gasteiger partial charge in [0, 0.05) is 5.56 Å². The van der Waals surface area contributed by atoms with Gasteiger partial charge in [-0.25, -0.2) is 87.8 Å². The molecule has 3 nitrogen and oxygen atoms in total. The average molecular weight is 982 g/mol. The second kappa shape index (κ2) is 18.8. The van der Waals surface area contributed by atoms with Gasteiger partial charge in [-0.3, -0.25) is 4.79 Å². The number of hydrogen-bond acceptors (Lipinski definition) is 3. The van der Waals surface area contributed by atoms with Crippen LogP contribution in [0.15, 0.2) is 59.5 Å². The van der Waals surface area contributed by atoms with Crippen molar-refractivity contribution in [2.75, 3.05) is 18.6 Å². The second-order valence-electron chi connectivity index (χ2n) is 13.6. The topological polar surface area (TPSA) is 43.4 Å². The van der Waals surface area contributed by atoms with E-state index >= 15 is 35.1 Å². The molecular weight excluding hydrogens is 963 g/mol. The lowest BCUT2D eigenvalue weighted by Crippen LogP contribution is -2.81. The predicted octanol–water partition coefficient (Wildman–Crippen LogP) is 9.30. The Bertz CT molecular complexity index is 2590. The van der Waals surface area contributed by atoms with Crippen LogP contribution in [-0.2, 0) is 14.1 Å². The van der Waals surface area contributed by atoms with Crippen molar-refractivity contribution in [2.45, 2.75) is 11.8 Å². The minimum atomic E-state index is -7.22. The van der Waals surface area contributed by atoms with E-state index in [0.717, 1.165) is 5.75 Å². The van der Waals surface area contributed by atoms with Gasteiger partial charge in [-0.1, -0.05) is 22.4 Å². The molecule has 0 heterocycles. The highest BCUT2D eigenvalue weighted by Crippen LogP contribution is 2.31. The number of rotatable bonds is 10. The molecule has 66 heavy (non-hydrogen) atoms. The molecule has 6 rings (SSSR count). The van der Waals surface area contributed by atoms with Crippen LogP contribution in [0.3, 0.4) is 0 Å². The van der Waals surface area contributed by atoms with Crippen LogP contribution in [0.4, 0.5) is 87.8 Å². The van der Waals surface area contributed by atoms with Crippen LogP contribution < -0.4 is 26.6 Å². The molecular formula is C41H19BF20O3S. The number of hydrogen-bond donors (Lipinski definition) is 0. The molecule has 0 fully saturated rings. The molecule has 1 unspecified atom stereocenters. The molecule has 6 aromatic rings. The SMILES string of the molecule is CCOc1ccc(C(=O)C[S+](C)(=O)c2ccccc2)cc1.Fc1c(F)c(F)c([B-](c2c(F)c(F)c(F)c(F)c2F)(c2c(F)c(F)c(F)c(F)c2F)c2c(F)c(F)c(F)c(F)c2F)c(F)c1F. The van der Waals surface area contributed by atoms with Gasteiger partial charge in [0.1, 0.15) is 74.6 Å². The average Bonchev–Trinajstić information content (AvgIpc) is 3.29. The van der Waals surface area contributed by atoms with Gasteiger partial charge in [0.15, 0.2) is 80.5 Å². The van der Waals surface area contributed by atoms with E-state index in [1.807, 2.05) is 25.1 Å². The Morgan fingerprint density at radius 2 is 0.682 bits per heavy atom. The van der Waals surface area contributed by atoms with Gasteiger partial charge in [-0.15, -0.1) is 21.9 Å². The Hall–Kier alpha value is -6.40. The molecule has 0 saturated carbocycles. The lowest BCUT2D eigenvalue weighted by Gasteiger charge is -2.44. The molecule has 0 spiro atoms. The summed E-state index contributed by atoms with van der Waals surface area (Å²) < 4.78 is 312. The van der Waals surface area contributed by atoms with Gasteiger partial charge in [-0.05, 0) is 43.3 Å². The Labute approximate surface area is 357 Å². The summed E-state index contributed by atoms with van der Waals surface area (Å²) in [6.07, 6.45) is -5.58. The minimum absolute atomic E-state index is 0.0188. The number of benzene rings is 6. The molecule has 0 N–H and O–H groups in total. The quantitative estimate of drug-likeness (QED) is 0.0344. The Balaban J connectivity index is 0.000000324. The maximum atomic E-state index is 15.4. The molecule has 6 aromatic carbocycles. The van der Waals surface area contributed by atoms with Crippen LogP contribution in [0.5, 0.6) is 5.75 Å². The fourth-order valence-electron chi connectivity index (χ4n) is 6.90. The van der Waals surface area contributed by atoms with Crippen molar-refractivity contribution in [1.29, 1.82) is 0 Å². The van der Waals surface area contributed by atoms with Crippen LogP contribution in [0.25, 0.3) is 0 Å². The Morgan fingerprint density at radius 3 is 0.939 bits per heavy atom. The molecule has 0 aliphatic heterocycles. The van der Waals surface area contributed by atoms with E-state index in [9.17, 15) is 61.7 Å². The van der Waals surface area contributed by atoms with E-state index in [2.05, 4.69) is 0 Å². The van der Waals surface area contributed by atoms with Gasteiger partial charge in [-0.2, -0.15) is 0 Å². The predicted molar refractivity (Wildman–Crippen MR) is 195 cm³/mol. The first-order valence-corrected chi connectivity index (χ1v) is 19.9. The van der Waals surface area contributed by atoms with Crippen LogP contribution >= 0.6 is 0 Å². The Kier molecular flexibility index (Phi) is 14.4. The van der Waals surface area contributed by atoms with Gasteiger partial charge >= 0.3 is 0 Å². The van der Waals surface area contributed by atoms with Gasteiger partial charge in [0.2, 0.25) is 5.78 Å². The van der Waals surface area contributed by atoms with Crippen molar-refractivity contribution in [2.24, 2.45) is 0 Å². The maximum Gasteiger partial charge on any atom is 0.212 e. The molecule has 1 atom stereocenters. The molecule has 0 saturated heterocycles. The third kappa shape index (κ3) is 8.25. The zero-order chi connectivity index (χ0) is 49.7. The highest BCUT2D eigenvalue weighted by Gasteiger charge is 2.52. The normalized spacial score (nSPS) is 12.5. The summed E-state index contributed by atoms with van der Waals surface area (Å²) in [5.74, 6) is -70.8. The van der Waals surface area contributed by atoms with Crippen molar-refractivity contribution >= 4 is 43.7 Å². The molecule has 350 valence electrons. The monoisotopic (exact) mass is 982 g/mol. The molecule has 0 radical (unpaired) electrons. The number of carbonyl (C=O) groups is 1.